The van der Waals surface area contributed by atoms with Crippen molar-refractivity contribution in [2.75, 3.05) is 18.8 Å². The SMILES string of the molecule is CCSc1nnc(C2CCNCC2)o1.Cl. The first-order chi connectivity index (χ1) is 6.90. The number of thioether (sulfide) groups is 1. The van der Waals surface area contributed by atoms with Gasteiger partial charge in [-0.3, -0.25) is 0 Å². The number of hydrogen-bond acceptors (Lipinski definition) is 5. The summed E-state index contributed by atoms with van der Waals surface area (Å²) in [7, 11) is 0. The summed E-state index contributed by atoms with van der Waals surface area (Å²) in [5.41, 5.74) is 0. The van der Waals surface area contributed by atoms with Crippen LogP contribution in [0, 0.1) is 0 Å². The van der Waals surface area contributed by atoms with Crippen molar-refractivity contribution in [2.24, 2.45) is 0 Å². The molecule has 1 N–H and O–H groups in total. The summed E-state index contributed by atoms with van der Waals surface area (Å²) in [5, 5.41) is 12.1. The Morgan fingerprint density at radius 2 is 2.13 bits per heavy atom. The summed E-state index contributed by atoms with van der Waals surface area (Å²) in [6, 6.07) is 0. The number of halogens is 1. The average Bonchev–Trinajstić information content (AvgIpc) is 2.68. The fourth-order valence-corrected chi connectivity index (χ4v) is 2.13. The van der Waals surface area contributed by atoms with Gasteiger partial charge in [-0.05, 0) is 31.7 Å². The number of nitrogens with one attached hydrogen (secondary N) is 1. The molecule has 4 nitrogen and oxygen atoms in total. The molecular formula is C9H16ClN3OS. The minimum atomic E-state index is 0. The molecule has 1 aromatic heterocycles. The molecule has 1 aliphatic heterocycles. The predicted octanol–water partition coefficient (Wildman–Crippen LogP) is 2.07. The van der Waals surface area contributed by atoms with Crippen molar-refractivity contribution in [1.82, 2.24) is 15.5 Å². The highest BCUT2D eigenvalue weighted by Gasteiger charge is 2.20. The largest absolute Gasteiger partial charge is 0.416 e. The standard InChI is InChI=1S/C9H15N3OS.ClH/c1-2-14-9-12-11-8(13-9)7-3-5-10-6-4-7;/h7,10H,2-6H2,1H3;1H. The zero-order chi connectivity index (χ0) is 9.80. The molecule has 2 heterocycles. The lowest BCUT2D eigenvalue weighted by molar-refractivity contribution is 0.342. The van der Waals surface area contributed by atoms with Crippen LogP contribution in [0.4, 0.5) is 0 Å². The summed E-state index contributed by atoms with van der Waals surface area (Å²) in [6.07, 6.45) is 2.22. The van der Waals surface area contributed by atoms with Gasteiger partial charge in [0.1, 0.15) is 0 Å². The molecular weight excluding hydrogens is 234 g/mol. The van der Waals surface area contributed by atoms with Gasteiger partial charge in [0.15, 0.2) is 0 Å². The topological polar surface area (TPSA) is 51.0 Å². The van der Waals surface area contributed by atoms with Gasteiger partial charge in [0, 0.05) is 5.92 Å². The fraction of sp³-hybridized carbons (Fsp3) is 0.778. The molecule has 0 bridgehead atoms. The molecule has 0 amide bonds. The maximum absolute atomic E-state index is 5.58. The molecule has 15 heavy (non-hydrogen) atoms. The zero-order valence-corrected chi connectivity index (χ0v) is 10.4. The van der Waals surface area contributed by atoms with Crippen LogP contribution in [0.15, 0.2) is 9.64 Å². The van der Waals surface area contributed by atoms with E-state index in [1.807, 2.05) is 0 Å². The van der Waals surface area contributed by atoms with Gasteiger partial charge in [0.05, 0.1) is 0 Å². The Labute approximate surface area is 100 Å². The van der Waals surface area contributed by atoms with Crippen molar-refractivity contribution in [3.05, 3.63) is 5.89 Å². The van der Waals surface area contributed by atoms with E-state index >= 15 is 0 Å². The summed E-state index contributed by atoms with van der Waals surface area (Å²) in [5.74, 6) is 2.27. The van der Waals surface area contributed by atoms with E-state index in [4.69, 9.17) is 4.42 Å². The Hall–Kier alpha value is -0.260. The Bertz CT molecular complexity index is 289. The van der Waals surface area contributed by atoms with Crippen molar-refractivity contribution in [3.63, 3.8) is 0 Å². The second-order valence-electron chi connectivity index (χ2n) is 3.36. The van der Waals surface area contributed by atoms with Crippen molar-refractivity contribution in [3.8, 4) is 0 Å². The molecule has 0 spiro atoms. The molecule has 86 valence electrons. The van der Waals surface area contributed by atoms with E-state index in [2.05, 4.69) is 22.4 Å². The molecule has 1 fully saturated rings. The monoisotopic (exact) mass is 249 g/mol. The first-order valence-electron chi connectivity index (χ1n) is 5.07. The summed E-state index contributed by atoms with van der Waals surface area (Å²) in [4.78, 5) is 0. The third kappa shape index (κ3) is 3.36. The van der Waals surface area contributed by atoms with E-state index in [0.717, 1.165) is 37.6 Å². The second-order valence-corrected chi connectivity index (χ2v) is 4.58. The van der Waals surface area contributed by atoms with E-state index in [0.29, 0.717) is 11.1 Å². The van der Waals surface area contributed by atoms with Crippen LogP contribution in [-0.4, -0.2) is 29.0 Å². The average molecular weight is 250 g/mol. The first kappa shape index (κ1) is 12.8. The predicted molar refractivity (Wildman–Crippen MR) is 62.8 cm³/mol. The van der Waals surface area contributed by atoms with Crippen LogP contribution in [-0.2, 0) is 0 Å². The van der Waals surface area contributed by atoms with Crippen molar-refractivity contribution in [2.45, 2.75) is 30.9 Å². The summed E-state index contributed by atoms with van der Waals surface area (Å²) >= 11 is 1.60. The lowest BCUT2D eigenvalue weighted by Crippen LogP contribution is -2.26. The minimum absolute atomic E-state index is 0. The van der Waals surface area contributed by atoms with E-state index < -0.39 is 0 Å². The zero-order valence-electron chi connectivity index (χ0n) is 8.73. The van der Waals surface area contributed by atoms with Gasteiger partial charge in [-0.1, -0.05) is 18.7 Å². The van der Waals surface area contributed by atoms with Crippen LogP contribution in [0.2, 0.25) is 0 Å². The van der Waals surface area contributed by atoms with Gasteiger partial charge in [0.2, 0.25) is 5.89 Å². The van der Waals surface area contributed by atoms with E-state index in [9.17, 15) is 0 Å². The molecule has 0 aromatic carbocycles. The number of aromatic nitrogens is 2. The fourth-order valence-electron chi connectivity index (χ4n) is 1.64. The third-order valence-corrected chi connectivity index (χ3v) is 3.08. The highest BCUT2D eigenvalue weighted by Crippen LogP contribution is 2.26. The van der Waals surface area contributed by atoms with Gasteiger partial charge < -0.3 is 9.73 Å². The Kier molecular flexibility index (Phi) is 5.42. The van der Waals surface area contributed by atoms with Crippen molar-refractivity contribution in [1.29, 1.82) is 0 Å². The van der Waals surface area contributed by atoms with Gasteiger partial charge in [-0.15, -0.1) is 22.6 Å². The van der Waals surface area contributed by atoms with Crippen molar-refractivity contribution >= 4 is 24.2 Å². The molecule has 1 aliphatic rings. The lowest BCUT2D eigenvalue weighted by atomic mass is 9.98. The van der Waals surface area contributed by atoms with Crippen molar-refractivity contribution < 1.29 is 4.42 Å². The highest BCUT2D eigenvalue weighted by molar-refractivity contribution is 7.99. The van der Waals surface area contributed by atoms with Crippen LogP contribution in [0.3, 0.4) is 0 Å². The molecule has 0 unspecified atom stereocenters. The van der Waals surface area contributed by atoms with Crippen LogP contribution in [0.25, 0.3) is 0 Å². The quantitative estimate of drug-likeness (QED) is 0.832. The highest BCUT2D eigenvalue weighted by atomic mass is 35.5. The third-order valence-electron chi connectivity index (χ3n) is 2.38. The van der Waals surface area contributed by atoms with E-state index in [-0.39, 0.29) is 12.4 Å². The van der Waals surface area contributed by atoms with Gasteiger partial charge in [-0.2, -0.15) is 0 Å². The lowest BCUT2D eigenvalue weighted by Gasteiger charge is -2.18. The molecule has 0 aliphatic carbocycles. The molecule has 1 aromatic rings. The molecule has 0 saturated carbocycles. The van der Waals surface area contributed by atoms with Crippen LogP contribution < -0.4 is 5.32 Å². The normalized spacial score (nSPS) is 17.4. The van der Waals surface area contributed by atoms with Gasteiger partial charge in [-0.25, -0.2) is 0 Å². The van der Waals surface area contributed by atoms with E-state index in [1.54, 1.807) is 11.8 Å². The maximum atomic E-state index is 5.58. The molecule has 0 radical (unpaired) electrons. The molecule has 0 atom stereocenters. The number of nitrogens with zero attached hydrogens (tertiary/aromatic N) is 2. The number of piperidine rings is 1. The maximum Gasteiger partial charge on any atom is 0.276 e. The Morgan fingerprint density at radius 1 is 1.40 bits per heavy atom. The first-order valence-corrected chi connectivity index (χ1v) is 6.05. The van der Waals surface area contributed by atoms with Crippen LogP contribution >= 0.6 is 24.2 Å². The Balaban J connectivity index is 0.00000112. The Morgan fingerprint density at radius 3 is 2.80 bits per heavy atom. The number of rotatable bonds is 3. The minimum Gasteiger partial charge on any atom is -0.416 e. The van der Waals surface area contributed by atoms with Gasteiger partial charge >= 0.3 is 0 Å². The number of hydrogen-bond donors (Lipinski definition) is 1. The van der Waals surface area contributed by atoms with E-state index in [1.165, 1.54) is 0 Å². The second kappa shape index (κ2) is 6.35. The summed E-state index contributed by atoms with van der Waals surface area (Å²) in [6.45, 7) is 4.20. The molecule has 6 heteroatoms. The van der Waals surface area contributed by atoms with Crippen LogP contribution in [0.1, 0.15) is 31.6 Å². The van der Waals surface area contributed by atoms with Crippen LogP contribution in [0.5, 0.6) is 0 Å². The summed E-state index contributed by atoms with van der Waals surface area (Å²) < 4.78 is 5.58. The molecule has 2 rings (SSSR count). The van der Waals surface area contributed by atoms with Gasteiger partial charge in [0.25, 0.3) is 5.22 Å². The molecule has 1 saturated heterocycles. The smallest absolute Gasteiger partial charge is 0.276 e.